The number of esters is 4. The van der Waals surface area contributed by atoms with Gasteiger partial charge in [0.25, 0.3) is 0 Å². The van der Waals surface area contributed by atoms with Gasteiger partial charge in [0.15, 0.2) is 0 Å². The molecule has 0 aromatic carbocycles. The van der Waals surface area contributed by atoms with E-state index in [-0.39, 0.29) is 12.0 Å². The van der Waals surface area contributed by atoms with Crippen molar-refractivity contribution in [2.75, 3.05) is 21.3 Å². The first-order valence-electron chi connectivity index (χ1n) is 6.59. The molecule has 0 spiro atoms. The minimum Gasteiger partial charge on any atom is -0.469 e. The number of ether oxygens (including phenoxy) is 4. The molecule has 8 heteroatoms. The molecule has 0 aromatic heterocycles. The quantitative estimate of drug-likeness (QED) is 0.501. The molecule has 3 aliphatic rings. The van der Waals surface area contributed by atoms with Gasteiger partial charge in [-0.25, -0.2) is 4.79 Å². The minimum absolute atomic E-state index is 0.0751. The lowest BCUT2D eigenvalue weighted by Gasteiger charge is -2.30. The summed E-state index contributed by atoms with van der Waals surface area (Å²) in [6.45, 7) is 0. The molecule has 1 saturated carbocycles. The number of methoxy groups -OCH3 is 3. The number of hydrogen-bond acceptors (Lipinski definition) is 8. The standard InChI is InChI=1S/C14H14O8/c1-19-9(15)7-4-6-5-13(11(17)20-2)8(10(16)22-6)14(7,13)12(18)21-3/h4,6,8H,5H2,1-3H3/t6-,8-,13+,14+/m1/s1. The molecule has 1 saturated heterocycles. The van der Waals surface area contributed by atoms with E-state index < -0.39 is 46.7 Å². The highest BCUT2D eigenvalue weighted by Gasteiger charge is 2.93. The predicted octanol–water partition coefficient (Wildman–Crippen LogP) is -0.636. The zero-order valence-corrected chi connectivity index (χ0v) is 12.2. The lowest BCUT2D eigenvalue weighted by molar-refractivity contribution is -0.165. The average Bonchev–Trinajstić information content (AvgIpc) is 3.21. The van der Waals surface area contributed by atoms with Gasteiger partial charge in [0, 0.05) is 6.42 Å². The molecule has 1 aliphatic heterocycles. The Morgan fingerprint density at radius 2 is 1.77 bits per heavy atom. The van der Waals surface area contributed by atoms with Crippen LogP contribution in [0.3, 0.4) is 0 Å². The molecule has 118 valence electrons. The molecule has 0 N–H and O–H groups in total. The topological polar surface area (TPSA) is 105 Å². The SMILES string of the molecule is COC(=O)C1=C[C@@H]2C[C@@]3(C(=O)OC)[C@@H](C(=O)O2)[C@]13C(=O)OC. The Kier molecular flexibility index (Phi) is 2.85. The molecule has 2 aliphatic carbocycles. The van der Waals surface area contributed by atoms with E-state index in [0.29, 0.717) is 0 Å². The lowest BCUT2D eigenvalue weighted by atomic mass is 9.77. The van der Waals surface area contributed by atoms with Crippen LogP contribution in [0.1, 0.15) is 6.42 Å². The van der Waals surface area contributed by atoms with Crippen LogP contribution in [0, 0.1) is 16.7 Å². The van der Waals surface area contributed by atoms with E-state index in [0.717, 1.165) is 21.3 Å². The lowest BCUT2D eigenvalue weighted by Crippen LogP contribution is -2.42. The van der Waals surface area contributed by atoms with Gasteiger partial charge in [-0.3, -0.25) is 14.4 Å². The largest absolute Gasteiger partial charge is 0.469 e. The third-order valence-electron chi connectivity index (χ3n) is 4.81. The summed E-state index contributed by atoms with van der Waals surface area (Å²) in [5.74, 6) is -4.24. The summed E-state index contributed by atoms with van der Waals surface area (Å²) in [6.07, 6.45) is 0.651. The fraction of sp³-hybridized carbons (Fsp3) is 0.571. The second-order valence-electron chi connectivity index (χ2n) is 5.45. The van der Waals surface area contributed by atoms with Crippen LogP contribution >= 0.6 is 0 Å². The van der Waals surface area contributed by atoms with Gasteiger partial charge in [-0.15, -0.1) is 0 Å². The van der Waals surface area contributed by atoms with Crippen LogP contribution in [0.25, 0.3) is 0 Å². The third kappa shape index (κ3) is 1.28. The zero-order chi connectivity index (χ0) is 16.3. The second kappa shape index (κ2) is 4.31. The summed E-state index contributed by atoms with van der Waals surface area (Å²) in [7, 11) is 3.43. The summed E-state index contributed by atoms with van der Waals surface area (Å²) < 4.78 is 19.4. The molecule has 1 heterocycles. The van der Waals surface area contributed by atoms with Crippen LogP contribution in [0.2, 0.25) is 0 Å². The summed E-state index contributed by atoms with van der Waals surface area (Å²) in [5.41, 5.74) is -3.28. The van der Waals surface area contributed by atoms with Crippen LogP contribution in [0.4, 0.5) is 0 Å². The first-order chi connectivity index (χ1) is 10.4. The van der Waals surface area contributed by atoms with Crippen molar-refractivity contribution in [3.8, 4) is 0 Å². The van der Waals surface area contributed by atoms with Gasteiger partial charge in [-0.2, -0.15) is 0 Å². The van der Waals surface area contributed by atoms with Gasteiger partial charge in [-0.1, -0.05) is 0 Å². The molecule has 4 atom stereocenters. The van der Waals surface area contributed by atoms with E-state index in [4.69, 9.17) is 18.9 Å². The molecule has 0 radical (unpaired) electrons. The molecule has 2 fully saturated rings. The maximum absolute atomic E-state index is 12.4. The second-order valence-corrected chi connectivity index (χ2v) is 5.45. The zero-order valence-electron chi connectivity index (χ0n) is 12.2. The maximum Gasteiger partial charge on any atom is 0.334 e. The van der Waals surface area contributed by atoms with Crippen molar-refractivity contribution in [1.29, 1.82) is 0 Å². The van der Waals surface area contributed by atoms with Crippen molar-refractivity contribution >= 4 is 23.9 Å². The summed E-state index contributed by atoms with van der Waals surface area (Å²) in [4.78, 5) is 49.0. The molecular formula is C14H14O8. The van der Waals surface area contributed by atoms with Crippen LogP contribution in [0.15, 0.2) is 11.6 Å². The van der Waals surface area contributed by atoms with Crippen molar-refractivity contribution in [2.24, 2.45) is 16.7 Å². The molecule has 22 heavy (non-hydrogen) atoms. The van der Waals surface area contributed by atoms with E-state index in [1.807, 2.05) is 0 Å². The Morgan fingerprint density at radius 3 is 2.32 bits per heavy atom. The van der Waals surface area contributed by atoms with Gasteiger partial charge >= 0.3 is 23.9 Å². The fourth-order valence-corrected chi connectivity index (χ4v) is 4.03. The van der Waals surface area contributed by atoms with E-state index >= 15 is 0 Å². The first-order valence-corrected chi connectivity index (χ1v) is 6.59. The van der Waals surface area contributed by atoms with Crippen LogP contribution in [0.5, 0.6) is 0 Å². The van der Waals surface area contributed by atoms with Gasteiger partial charge in [0.05, 0.1) is 32.8 Å². The highest BCUT2D eigenvalue weighted by Crippen LogP contribution is 2.79. The monoisotopic (exact) mass is 310 g/mol. The molecule has 2 bridgehead atoms. The van der Waals surface area contributed by atoms with Gasteiger partial charge < -0.3 is 18.9 Å². The van der Waals surface area contributed by atoms with Crippen LogP contribution < -0.4 is 0 Å². The van der Waals surface area contributed by atoms with Gasteiger partial charge in [0.2, 0.25) is 0 Å². The van der Waals surface area contributed by atoms with Crippen molar-refractivity contribution in [2.45, 2.75) is 12.5 Å². The van der Waals surface area contributed by atoms with Crippen molar-refractivity contribution in [1.82, 2.24) is 0 Å². The van der Waals surface area contributed by atoms with E-state index in [9.17, 15) is 19.2 Å². The maximum atomic E-state index is 12.4. The van der Waals surface area contributed by atoms with Crippen LogP contribution in [-0.4, -0.2) is 51.3 Å². The number of hydrogen-bond donors (Lipinski definition) is 0. The van der Waals surface area contributed by atoms with E-state index in [2.05, 4.69) is 0 Å². The normalized spacial score (nSPS) is 37.4. The van der Waals surface area contributed by atoms with Crippen molar-refractivity contribution < 1.29 is 38.1 Å². The summed E-state index contributed by atoms with van der Waals surface area (Å²) in [6, 6.07) is 0. The van der Waals surface area contributed by atoms with Gasteiger partial charge in [0.1, 0.15) is 16.9 Å². The minimum atomic E-state index is -1.73. The third-order valence-corrected chi connectivity index (χ3v) is 4.81. The fourth-order valence-electron chi connectivity index (χ4n) is 4.03. The molecular weight excluding hydrogens is 296 g/mol. The number of carbonyl (C=O) groups excluding carboxylic acids is 4. The molecule has 0 aromatic rings. The van der Waals surface area contributed by atoms with Crippen molar-refractivity contribution in [3.63, 3.8) is 0 Å². The predicted molar refractivity (Wildman–Crippen MR) is 67.0 cm³/mol. The Bertz CT molecular complexity index is 635. The Balaban J connectivity index is 2.25. The van der Waals surface area contributed by atoms with Crippen LogP contribution in [-0.2, 0) is 38.1 Å². The number of rotatable bonds is 3. The molecule has 0 unspecified atom stereocenters. The number of fused-ring (bicyclic) bond motifs is 2. The highest BCUT2D eigenvalue weighted by molar-refractivity contribution is 6.13. The number of carbonyl (C=O) groups is 4. The molecule has 3 rings (SSSR count). The summed E-state index contributed by atoms with van der Waals surface area (Å²) in [5, 5.41) is 0. The average molecular weight is 310 g/mol. The highest BCUT2D eigenvalue weighted by atomic mass is 16.6. The van der Waals surface area contributed by atoms with E-state index in [1.165, 1.54) is 6.08 Å². The first kappa shape index (κ1) is 14.6. The Labute approximate surface area is 125 Å². The molecule has 8 nitrogen and oxygen atoms in total. The Hall–Kier alpha value is -2.38. The van der Waals surface area contributed by atoms with Crippen molar-refractivity contribution in [3.05, 3.63) is 11.6 Å². The molecule has 0 amide bonds. The smallest absolute Gasteiger partial charge is 0.334 e. The van der Waals surface area contributed by atoms with E-state index in [1.54, 1.807) is 0 Å². The van der Waals surface area contributed by atoms with Gasteiger partial charge in [-0.05, 0) is 6.08 Å². The Morgan fingerprint density at radius 1 is 1.14 bits per heavy atom. The summed E-state index contributed by atoms with van der Waals surface area (Å²) >= 11 is 0.